The lowest BCUT2D eigenvalue weighted by molar-refractivity contribution is -0.133. The number of aromatic nitrogens is 2. The summed E-state index contributed by atoms with van der Waals surface area (Å²) < 4.78 is 1.22. The van der Waals surface area contributed by atoms with E-state index in [0.717, 1.165) is 32.5 Å². The Hall–Kier alpha value is -1.85. The zero-order chi connectivity index (χ0) is 13.7. The van der Waals surface area contributed by atoms with Crippen molar-refractivity contribution >= 4 is 11.6 Å². The standard InChI is InChI=1S/C13H20N4O2/c1-2-14-11-8-12(18)17(15-9-11)10-13(19)16-6-4-3-5-7-16/h8-9,14H,2-7,10H2,1H3. The molecule has 0 saturated carbocycles. The van der Waals surface area contributed by atoms with E-state index in [1.54, 1.807) is 6.20 Å². The lowest BCUT2D eigenvalue weighted by Crippen LogP contribution is -2.40. The van der Waals surface area contributed by atoms with E-state index in [1.807, 2.05) is 11.8 Å². The Morgan fingerprint density at radius 1 is 1.37 bits per heavy atom. The van der Waals surface area contributed by atoms with Crippen molar-refractivity contribution in [2.24, 2.45) is 0 Å². The maximum Gasteiger partial charge on any atom is 0.269 e. The first-order valence-corrected chi connectivity index (χ1v) is 6.79. The highest BCUT2D eigenvalue weighted by Crippen LogP contribution is 2.09. The molecule has 0 spiro atoms. The van der Waals surface area contributed by atoms with Crippen molar-refractivity contribution in [1.82, 2.24) is 14.7 Å². The van der Waals surface area contributed by atoms with Gasteiger partial charge in [0, 0.05) is 25.7 Å². The maximum absolute atomic E-state index is 12.0. The summed E-state index contributed by atoms with van der Waals surface area (Å²) in [6.45, 7) is 4.31. The third kappa shape index (κ3) is 3.56. The molecule has 1 saturated heterocycles. The molecule has 1 aromatic heterocycles. The van der Waals surface area contributed by atoms with Crippen LogP contribution in [-0.2, 0) is 11.3 Å². The summed E-state index contributed by atoms with van der Waals surface area (Å²) in [6.07, 6.45) is 4.86. The maximum atomic E-state index is 12.0. The van der Waals surface area contributed by atoms with Gasteiger partial charge in [0.05, 0.1) is 11.9 Å². The zero-order valence-corrected chi connectivity index (χ0v) is 11.3. The number of carbonyl (C=O) groups excluding carboxylic acids is 1. The largest absolute Gasteiger partial charge is 0.384 e. The smallest absolute Gasteiger partial charge is 0.269 e. The highest BCUT2D eigenvalue weighted by atomic mass is 16.2. The van der Waals surface area contributed by atoms with Crippen LogP contribution in [0.4, 0.5) is 5.69 Å². The van der Waals surface area contributed by atoms with Gasteiger partial charge in [0.15, 0.2) is 0 Å². The van der Waals surface area contributed by atoms with Gasteiger partial charge in [-0.1, -0.05) is 0 Å². The Labute approximate surface area is 112 Å². The van der Waals surface area contributed by atoms with Crippen LogP contribution in [0.1, 0.15) is 26.2 Å². The van der Waals surface area contributed by atoms with Crippen molar-refractivity contribution in [3.8, 4) is 0 Å². The van der Waals surface area contributed by atoms with Gasteiger partial charge in [0.2, 0.25) is 5.91 Å². The Morgan fingerprint density at radius 3 is 2.74 bits per heavy atom. The molecular formula is C13H20N4O2. The molecule has 2 heterocycles. The number of likely N-dealkylation sites (tertiary alicyclic amines) is 1. The first-order chi connectivity index (χ1) is 9.20. The minimum atomic E-state index is -0.246. The van der Waals surface area contributed by atoms with E-state index in [-0.39, 0.29) is 18.0 Å². The second-order valence-electron chi connectivity index (χ2n) is 4.71. The van der Waals surface area contributed by atoms with Gasteiger partial charge in [-0.25, -0.2) is 4.68 Å². The molecule has 1 aliphatic heterocycles. The molecule has 0 aromatic carbocycles. The predicted octanol–water partition coefficient (Wildman–Crippen LogP) is 0.688. The molecule has 0 aliphatic carbocycles. The molecule has 1 aromatic rings. The molecule has 1 amide bonds. The van der Waals surface area contributed by atoms with Crippen LogP contribution < -0.4 is 10.9 Å². The minimum Gasteiger partial charge on any atom is -0.384 e. The fourth-order valence-electron chi connectivity index (χ4n) is 2.22. The van der Waals surface area contributed by atoms with Crippen molar-refractivity contribution < 1.29 is 4.79 Å². The van der Waals surface area contributed by atoms with Crippen molar-refractivity contribution in [1.29, 1.82) is 0 Å². The Balaban J connectivity index is 2.02. The fourth-order valence-corrected chi connectivity index (χ4v) is 2.22. The number of nitrogens with zero attached hydrogens (tertiary/aromatic N) is 3. The van der Waals surface area contributed by atoms with Crippen molar-refractivity contribution in [2.75, 3.05) is 25.0 Å². The molecule has 0 atom stereocenters. The van der Waals surface area contributed by atoms with Crippen LogP contribution in [0.5, 0.6) is 0 Å². The Morgan fingerprint density at radius 2 is 2.11 bits per heavy atom. The molecular weight excluding hydrogens is 244 g/mol. The number of rotatable bonds is 4. The van der Waals surface area contributed by atoms with Crippen molar-refractivity contribution in [3.05, 3.63) is 22.6 Å². The molecule has 6 nitrogen and oxygen atoms in total. The van der Waals surface area contributed by atoms with Gasteiger partial charge in [0.1, 0.15) is 6.54 Å². The van der Waals surface area contributed by atoms with Gasteiger partial charge < -0.3 is 10.2 Å². The number of hydrogen-bond donors (Lipinski definition) is 1. The average molecular weight is 264 g/mol. The van der Waals surface area contributed by atoms with E-state index in [0.29, 0.717) is 5.69 Å². The van der Waals surface area contributed by atoms with Gasteiger partial charge >= 0.3 is 0 Å². The van der Waals surface area contributed by atoms with E-state index >= 15 is 0 Å². The number of anilines is 1. The molecule has 1 fully saturated rings. The topological polar surface area (TPSA) is 67.2 Å². The summed E-state index contributed by atoms with van der Waals surface area (Å²) in [7, 11) is 0. The zero-order valence-electron chi connectivity index (χ0n) is 11.3. The first-order valence-electron chi connectivity index (χ1n) is 6.79. The summed E-state index contributed by atoms with van der Waals surface area (Å²) in [5.74, 6) is -0.0227. The second-order valence-corrected chi connectivity index (χ2v) is 4.71. The molecule has 0 bridgehead atoms. The second kappa shape index (κ2) is 6.36. The van der Waals surface area contributed by atoms with Crippen LogP contribution in [0.2, 0.25) is 0 Å². The van der Waals surface area contributed by atoms with E-state index in [2.05, 4.69) is 10.4 Å². The molecule has 0 radical (unpaired) electrons. The van der Waals surface area contributed by atoms with Crippen LogP contribution in [-0.4, -0.2) is 40.2 Å². The van der Waals surface area contributed by atoms with Crippen molar-refractivity contribution in [2.45, 2.75) is 32.7 Å². The van der Waals surface area contributed by atoms with Gasteiger partial charge in [0.25, 0.3) is 5.56 Å². The number of carbonyl (C=O) groups is 1. The number of amides is 1. The highest BCUT2D eigenvalue weighted by molar-refractivity contribution is 5.75. The van der Waals surface area contributed by atoms with Crippen LogP contribution in [0.3, 0.4) is 0 Å². The first kappa shape index (κ1) is 13.6. The van der Waals surface area contributed by atoms with Gasteiger partial charge in [-0.3, -0.25) is 9.59 Å². The molecule has 6 heteroatoms. The van der Waals surface area contributed by atoms with Gasteiger partial charge in [-0.15, -0.1) is 0 Å². The molecule has 104 valence electrons. The SMILES string of the molecule is CCNc1cnn(CC(=O)N2CCCCC2)c(=O)c1. The number of piperidine rings is 1. The van der Waals surface area contributed by atoms with Gasteiger partial charge in [-0.2, -0.15) is 5.10 Å². The molecule has 19 heavy (non-hydrogen) atoms. The quantitative estimate of drug-likeness (QED) is 0.868. The minimum absolute atomic E-state index is 0.0227. The van der Waals surface area contributed by atoms with E-state index in [9.17, 15) is 9.59 Å². The van der Waals surface area contributed by atoms with Crippen LogP contribution in [0.15, 0.2) is 17.1 Å². The molecule has 1 aliphatic rings. The summed E-state index contributed by atoms with van der Waals surface area (Å²) in [6, 6.07) is 1.47. The average Bonchev–Trinajstić information content (AvgIpc) is 2.43. The summed E-state index contributed by atoms with van der Waals surface area (Å²) in [5.41, 5.74) is 0.443. The predicted molar refractivity (Wildman–Crippen MR) is 73.1 cm³/mol. The normalized spacial score (nSPS) is 15.3. The lowest BCUT2D eigenvalue weighted by Gasteiger charge is -2.26. The summed E-state index contributed by atoms with van der Waals surface area (Å²) in [5, 5.41) is 7.05. The molecule has 0 unspecified atom stereocenters. The summed E-state index contributed by atoms with van der Waals surface area (Å²) in [4.78, 5) is 25.7. The van der Waals surface area contributed by atoms with Crippen molar-refractivity contribution in [3.63, 3.8) is 0 Å². The Bertz CT molecular complexity index is 492. The number of nitrogens with one attached hydrogen (secondary N) is 1. The van der Waals surface area contributed by atoms with E-state index < -0.39 is 0 Å². The molecule has 1 N–H and O–H groups in total. The third-order valence-corrected chi connectivity index (χ3v) is 3.24. The monoisotopic (exact) mass is 264 g/mol. The fraction of sp³-hybridized carbons (Fsp3) is 0.615. The highest BCUT2D eigenvalue weighted by Gasteiger charge is 2.17. The Kier molecular flexibility index (Phi) is 4.54. The van der Waals surface area contributed by atoms with Crippen LogP contribution >= 0.6 is 0 Å². The lowest BCUT2D eigenvalue weighted by atomic mass is 10.1. The summed E-state index contributed by atoms with van der Waals surface area (Å²) >= 11 is 0. The van der Waals surface area contributed by atoms with Crippen LogP contribution in [0.25, 0.3) is 0 Å². The third-order valence-electron chi connectivity index (χ3n) is 3.24. The van der Waals surface area contributed by atoms with Crippen LogP contribution in [0, 0.1) is 0 Å². The molecule has 2 rings (SSSR count). The van der Waals surface area contributed by atoms with Gasteiger partial charge in [-0.05, 0) is 26.2 Å². The van der Waals surface area contributed by atoms with E-state index in [4.69, 9.17) is 0 Å². The number of hydrogen-bond acceptors (Lipinski definition) is 4. The van der Waals surface area contributed by atoms with E-state index in [1.165, 1.54) is 17.2 Å².